The van der Waals surface area contributed by atoms with Gasteiger partial charge in [-0.25, -0.2) is 0 Å². The van der Waals surface area contributed by atoms with E-state index in [9.17, 15) is 8.42 Å². The largest absolute Gasteiger partial charge is 0.314 e. The van der Waals surface area contributed by atoms with Crippen molar-refractivity contribution in [3.63, 3.8) is 0 Å². The highest BCUT2D eigenvalue weighted by Gasteiger charge is 2.37. The Morgan fingerprint density at radius 2 is 1.67 bits per heavy atom. The van der Waals surface area contributed by atoms with E-state index in [2.05, 4.69) is 12.2 Å². The molecule has 0 aromatic rings. The van der Waals surface area contributed by atoms with Gasteiger partial charge in [0.25, 0.3) is 10.2 Å². The lowest BCUT2D eigenvalue weighted by atomic mass is 9.91. The van der Waals surface area contributed by atoms with E-state index in [1.54, 1.807) is 8.61 Å². The molecule has 0 aromatic heterocycles. The van der Waals surface area contributed by atoms with Crippen LogP contribution in [-0.2, 0) is 10.2 Å². The molecule has 3 heterocycles. The van der Waals surface area contributed by atoms with Gasteiger partial charge in [0.1, 0.15) is 0 Å². The van der Waals surface area contributed by atoms with Gasteiger partial charge in [-0.05, 0) is 56.9 Å². The first kappa shape index (κ1) is 15.7. The van der Waals surface area contributed by atoms with Gasteiger partial charge in [-0.15, -0.1) is 0 Å². The number of nitrogens with zero attached hydrogens (tertiary/aromatic N) is 2. The van der Waals surface area contributed by atoms with Crippen molar-refractivity contribution in [1.82, 2.24) is 13.9 Å². The Hall–Kier alpha value is -0.170. The van der Waals surface area contributed by atoms with Crippen molar-refractivity contribution in [3.05, 3.63) is 0 Å². The maximum absolute atomic E-state index is 12.9. The molecule has 3 saturated heterocycles. The predicted molar refractivity (Wildman–Crippen MR) is 84.2 cm³/mol. The second-order valence-electron chi connectivity index (χ2n) is 7.08. The van der Waals surface area contributed by atoms with Gasteiger partial charge in [0, 0.05) is 32.2 Å². The summed E-state index contributed by atoms with van der Waals surface area (Å²) >= 11 is 0. The van der Waals surface area contributed by atoms with E-state index in [-0.39, 0.29) is 0 Å². The summed E-state index contributed by atoms with van der Waals surface area (Å²) in [6, 6.07) is 0.531. The molecule has 3 aliphatic heterocycles. The summed E-state index contributed by atoms with van der Waals surface area (Å²) in [4.78, 5) is 0. The summed E-state index contributed by atoms with van der Waals surface area (Å²) in [7, 11) is -3.24. The normalized spacial score (nSPS) is 36.9. The molecule has 6 heteroatoms. The first-order valence-electron chi connectivity index (χ1n) is 8.56. The standard InChI is InChI=1S/C15H29N3O2S/c1-13-5-3-9-17(11-13)21(19,20)18-10-4-6-14(12-18)15-7-2-8-16-15/h13-16H,2-12H2,1H3. The summed E-state index contributed by atoms with van der Waals surface area (Å²) < 4.78 is 29.2. The molecule has 0 spiro atoms. The van der Waals surface area contributed by atoms with Crippen LogP contribution in [0.4, 0.5) is 0 Å². The van der Waals surface area contributed by atoms with E-state index in [1.165, 1.54) is 19.3 Å². The van der Waals surface area contributed by atoms with E-state index in [0.29, 0.717) is 44.1 Å². The molecular formula is C15H29N3O2S. The number of nitrogens with one attached hydrogen (secondary N) is 1. The molecular weight excluding hydrogens is 286 g/mol. The van der Waals surface area contributed by atoms with Crippen LogP contribution in [0.25, 0.3) is 0 Å². The Morgan fingerprint density at radius 3 is 2.33 bits per heavy atom. The Labute approximate surface area is 129 Å². The van der Waals surface area contributed by atoms with Crippen LogP contribution in [-0.4, -0.2) is 55.8 Å². The van der Waals surface area contributed by atoms with Crippen LogP contribution < -0.4 is 5.32 Å². The van der Waals surface area contributed by atoms with E-state index >= 15 is 0 Å². The fraction of sp³-hybridized carbons (Fsp3) is 1.00. The van der Waals surface area contributed by atoms with Gasteiger partial charge >= 0.3 is 0 Å². The molecule has 122 valence electrons. The SMILES string of the molecule is CC1CCCN(S(=O)(=O)N2CCCC(C3CCCN3)C2)C1. The summed E-state index contributed by atoms with van der Waals surface area (Å²) in [6.45, 7) is 6.07. The topological polar surface area (TPSA) is 52.7 Å². The zero-order valence-electron chi connectivity index (χ0n) is 13.1. The van der Waals surface area contributed by atoms with Crippen molar-refractivity contribution in [2.45, 2.75) is 51.5 Å². The van der Waals surface area contributed by atoms with Crippen molar-refractivity contribution in [3.8, 4) is 0 Å². The minimum atomic E-state index is -3.24. The lowest BCUT2D eigenvalue weighted by molar-refractivity contribution is 0.201. The third-order valence-corrected chi connectivity index (χ3v) is 7.33. The van der Waals surface area contributed by atoms with Crippen LogP contribution in [0.2, 0.25) is 0 Å². The van der Waals surface area contributed by atoms with Gasteiger partial charge < -0.3 is 5.32 Å². The van der Waals surface area contributed by atoms with Gasteiger partial charge in [-0.3, -0.25) is 0 Å². The average Bonchev–Trinajstić information content (AvgIpc) is 3.02. The molecule has 0 aromatic carbocycles. The predicted octanol–water partition coefficient (Wildman–Crippen LogP) is 1.43. The van der Waals surface area contributed by atoms with Crippen molar-refractivity contribution in [2.24, 2.45) is 11.8 Å². The Kier molecular flexibility index (Phi) is 4.88. The molecule has 0 aliphatic carbocycles. The van der Waals surface area contributed by atoms with Gasteiger partial charge in [0.05, 0.1) is 0 Å². The molecule has 5 nitrogen and oxygen atoms in total. The molecule has 1 N–H and O–H groups in total. The van der Waals surface area contributed by atoms with Crippen LogP contribution in [0, 0.1) is 11.8 Å². The van der Waals surface area contributed by atoms with Crippen LogP contribution in [0.15, 0.2) is 0 Å². The molecule has 0 bridgehead atoms. The quantitative estimate of drug-likeness (QED) is 0.857. The molecule has 3 rings (SSSR count). The van der Waals surface area contributed by atoms with E-state index in [4.69, 9.17) is 0 Å². The van der Waals surface area contributed by atoms with Gasteiger partial charge in [-0.1, -0.05) is 6.92 Å². The number of hydrogen-bond acceptors (Lipinski definition) is 3. The lowest BCUT2D eigenvalue weighted by Crippen LogP contribution is -2.52. The average molecular weight is 315 g/mol. The number of rotatable bonds is 3. The highest BCUT2D eigenvalue weighted by molar-refractivity contribution is 7.86. The Morgan fingerprint density at radius 1 is 0.952 bits per heavy atom. The highest BCUT2D eigenvalue weighted by atomic mass is 32.2. The van der Waals surface area contributed by atoms with E-state index in [0.717, 1.165) is 25.8 Å². The molecule has 3 aliphatic rings. The minimum absolute atomic E-state index is 0.491. The third-order valence-electron chi connectivity index (χ3n) is 5.36. The zero-order valence-corrected chi connectivity index (χ0v) is 13.9. The third kappa shape index (κ3) is 3.44. The van der Waals surface area contributed by atoms with Crippen molar-refractivity contribution >= 4 is 10.2 Å². The maximum atomic E-state index is 12.9. The molecule has 3 atom stereocenters. The molecule has 3 fully saturated rings. The van der Waals surface area contributed by atoms with Gasteiger partial charge in [0.2, 0.25) is 0 Å². The second-order valence-corrected chi connectivity index (χ2v) is 9.00. The summed E-state index contributed by atoms with van der Waals surface area (Å²) in [5.41, 5.74) is 0. The molecule has 0 saturated carbocycles. The van der Waals surface area contributed by atoms with Crippen LogP contribution >= 0.6 is 0 Å². The first-order valence-corrected chi connectivity index (χ1v) is 9.95. The van der Waals surface area contributed by atoms with Crippen molar-refractivity contribution in [2.75, 3.05) is 32.7 Å². The zero-order chi connectivity index (χ0) is 14.9. The summed E-state index contributed by atoms with van der Waals surface area (Å²) in [5, 5.41) is 3.55. The molecule has 3 unspecified atom stereocenters. The number of piperidine rings is 2. The maximum Gasteiger partial charge on any atom is 0.281 e. The number of hydrogen-bond donors (Lipinski definition) is 1. The lowest BCUT2D eigenvalue weighted by Gasteiger charge is -2.39. The minimum Gasteiger partial charge on any atom is -0.314 e. The van der Waals surface area contributed by atoms with E-state index < -0.39 is 10.2 Å². The van der Waals surface area contributed by atoms with Crippen LogP contribution in [0.5, 0.6) is 0 Å². The first-order chi connectivity index (χ1) is 10.1. The van der Waals surface area contributed by atoms with Crippen molar-refractivity contribution < 1.29 is 8.42 Å². The smallest absolute Gasteiger partial charge is 0.281 e. The molecule has 0 radical (unpaired) electrons. The fourth-order valence-corrected chi connectivity index (χ4v) is 6.01. The second kappa shape index (κ2) is 6.52. The van der Waals surface area contributed by atoms with Gasteiger partial charge in [0.15, 0.2) is 0 Å². The fourth-order valence-electron chi connectivity index (χ4n) is 4.14. The molecule has 21 heavy (non-hydrogen) atoms. The van der Waals surface area contributed by atoms with Crippen LogP contribution in [0.1, 0.15) is 45.4 Å². The summed E-state index contributed by atoms with van der Waals surface area (Å²) in [5.74, 6) is 0.990. The van der Waals surface area contributed by atoms with Crippen LogP contribution in [0.3, 0.4) is 0 Å². The Bertz CT molecular complexity index is 448. The summed E-state index contributed by atoms with van der Waals surface area (Å²) in [6.07, 6.45) is 6.77. The van der Waals surface area contributed by atoms with Gasteiger partial charge in [-0.2, -0.15) is 17.0 Å². The highest BCUT2D eigenvalue weighted by Crippen LogP contribution is 2.28. The monoisotopic (exact) mass is 315 g/mol. The molecule has 0 amide bonds. The van der Waals surface area contributed by atoms with Crippen molar-refractivity contribution in [1.29, 1.82) is 0 Å². The Balaban J connectivity index is 1.66. The van der Waals surface area contributed by atoms with E-state index in [1.807, 2.05) is 0 Å².